The van der Waals surface area contributed by atoms with E-state index in [1.54, 1.807) is 0 Å². The van der Waals surface area contributed by atoms with E-state index in [-0.39, 0.29) is 18.4 Å². The smallest absolute Gasteiger partial charge is 0.433 e. The van der Waals surface area contributed by atoms with Crippen molar-refractivity contribution in [1.82, 2.24) is 9.97 Å². The van der Waals surface area contributed by atoms with Crippen LogP contribution < -0.4 is 4.74 Å². The molecule has 0 radical (unpaired) electrons. The average molecular weight is 283 g/mol. The normalized spacial score (nSPS) is 20.1. The van der Waals surface area contributed by atoms with Gasteiger partial charge in [0.15, 0.2) is 5.69 Å². The van der Waals surface area contributed by atoms with Crippen molar-refractivity contribution in [1.29, 1.82) is 0 Å². The van der Waals surface area contributed by atoms with Crippen molar-refractivity contribution in [3.8, 4) is 5.88 Å². The Bertz CT molecular complexity index is 422. The highest BCUT2D eigenvalue weighted by Crippen LogP contribution is 2.30. The summed E-state index contributed by atoms with van der Waals surface area (Å²) in [5.74, 6) is 0.00213. The minimum atomic E-state index is -4.57. The van der Waals surface area contributed by atoms with Gasteiger partial charge in [-0.05, 0) is 18.0 Å². The van der Waals surface area contributed by atoms with Crippen molar-refractivity contribution in [3.05, 3.63) is 17.0 Å². The van der Waals surface area contributed by atoms with Gasteiger partial charge in [-0.1, -0.05) is 0 Å². The fourth-order valence-electron chi connectivity index (χ4n) is 1.53. The fraction of sp³-hybridized carbons (Fsp3) is 0.600. The van der Waals surface area contributed by atoms with Gasteiger partial charge in [0.25, 0.3) is 0 Å². The summed E-state index contributed by atoms with van der Waals surface area (Å²) in [4.78, 5) is 6.71. The van der Waals surface area contributed by atoms with Crippen molar-refractivity contribution in [2.75, 3.05) is 19.8 Å². The molecule has 0 saturated carbocycles. The largest absolute Gasteiger partial charge is 0.477 e. The van der Waals surface area contributed by atoms with Crippen LogP contribution in [0.3, 0.4) is 0 Å². The third-order valence-electron chi connectivity index (χ3n) is 2.46. The summed E-state index contributed by atoms with van der Waals surface area (Å²) < 4.78 is 47.7. The van der Waals surface area contributed by atoms with E-state index in [0.717, 1.165) is 12.5 Å². The lowest BCUT2D eigenvalue weighted by Gasteiger charge is -2.11. The number of hydrogen-bond acceptors (Lipinski definition) is 4. The molecule has 1 fully saturated rings. The third-order valence-corrected chi connectivity index (χ3v) is 2.63. The molecule has 0 aromatic carbocycles. The molecule has 18 heavy (non-hydrogen) atoms. The van der Waals surface area contributed by atoms with Gasteiger partial charge in [-0.2, -0.15) is 18.2 Å². The van der Waals surface area contributed by atoms with Crippen LogP contribution in [-0.4, -0.2) is 29.8 Å². The molecular weight excluding hydrogens is 273 g/mol. The quantitative estimate of drug-likeness (QED) is 0.799. The molecule has 2 heterocycles. The summed E-state index contributed by atoms with van der Waals surface area (Å²) in [7, 11) is 0. The van der Waals surface area contributed by atoms with Crippen LogP contribution in [-0.2, 0) is 10.9 Å². The highest BCUT2D eigenvalue weighted by molar-refractivity contribution is 6.28. The summed E-state index contributed by atoms with van der Waals surface area (Å²) in [5.41, 5.74) is -1.11. The second-order valence-electron chi connectivity index (χ2n) is 3.90. The van der Waals surface area contributed by atoms with E-state index < -0.39 is 17.2 Å². The second-order valence-corrected chi connectivity index (χ2v) is 4.24. The molecule has 0 spiro atoms. The zero-order valence-electron chi connectivity index (χ0n) is 9.21. The predicted molar refractivity (Wildman–Crippen MR) is 56.5 cm³/mol. The topological polar surface area (TPSA) is 44.2 Å². The number of rotatable bonds is 3. The van der Waals surface area contributed by atoms with E-state index >= 15 is 0 Å². The average Bonchev–Trinajstić information content (AvgIpc) is 2.77. The monoisotopic (exact) mass is 282 g/mol. The first-order valence-corrected chi connectivity index (χ1v) is 5.65. The van der Waals surface area contributed by atoms with E-state index in [0.29, 0.717) is 13.2 Å². The van der Waals surface area contributed by atoms with Crippen molar-refractivity contribution >= 4 is 11.6 Å². The van der Waals surface area contributed by atoms with E-state index in [1.165, 1.54) is 0 Å². The molecule has 100 valence electrons. The first-order valence-electron chi connectivity index (χ1n) is 5.27. The molecule has 1 unspecified atom stereocenters. The Morgan fingerprint density at radius 3 is 2.83 bits per heavy atom. The molecular formula is C10H10ClF3N2O2. The molecule has 1 saturated heterocycles. The molecule has 0 N–H and O–H groups in total. The lowest BCUT2D eigenvalue weighted by molar-refractivity contribution is -0.141. The van der Waals surface area contributed by atoms with E-state index in [1.807, 2.05) is 0 Å². The van der Waals surface area contributed by atoms with E-state index in [9.17, 15) is 13.2 Å². The van der Waals surface area contributed by atoms with E-state index in [2.05, 4.69) is 9.97 Å². The molecule has 1 aromatic heterocycles. The van der Waals surface area contributed by atoms with Crippen molar-refractivity contribution < 1.29 is 22.6 Å². The molecule has 0 amide bonds. The maximum atomic E-state index is 12.5. The van der Waals surface area contributed by atoms with Crippen molar-refractivity contribution in [2.45, 2.75) is 12.6 Å². The zero-order valence-corrected chi connectivity index (χ0v) is 9.96. The summed E-state index contributed by atoms with van der Waals surface area (Å²) in [6, 6.07) is 0.738. The second kappa shape index (κ2) is 5.27. The molecule has 1 atom stereocenters. The highest BCUT2D eigenvalue weighted by Gasteiger charge is 2.34. The number of alkyl halides is 3. The first kappa shape index (κ1) is 13.4. The van der Waals surface area contributed by atoms with Gasteiger partial charge in [-0.15, -0.1) is 0 Å². The number of halogens is 4. The summed E-state index contributed by atoms with van der Waals surface area (Å²) in [5, 5.41) is -0.484. The van der Waals surface area contributed by atoms with Crippen LogP contribution in [0.25, 0.3) is 0 Å². The Balaban J connectivity index is 2.05. The summed E-state index contributed by atoms with van der Waals surface area (Å²) in [6.07, 6.45) is -3.74. The van der Waals surface area contributed by atoms with E-state index in [4.69, 9.17) is 21.1 Å². The molecule has 0 bridgehead atoms. The Labute approximate surface area is 106 Å². The number of nitrogens with zero attached hydrogens (tertiary/aromatic N) is 2. The van der Waals surface area contributed by atoms with Crippen LogP contribution >= 0.6 is 11.6 Å². The van der Waals surface area contributed by atoms with Crippen LogP contribution in [0, 0.1) is 5.92 Å². The summed E-state index contributed by atoms with van der Waals surface area (Å²) in [6.45, 7) is 1.45. The lowest BCUT2D eigenvalue weighted by Crippen LogP contribution is -2.14. The zero-order chi connectivity index (χ0) is 13.2. The summed E-state index contributed by atoms with van der Waals surface area (Å²) >= 11 is 5.42. The Kier molecular flexibility index (Phi) is 3.91. The highest BCUT2D eigenvalue weighted by atomic mass is 35.5. The van der Waals surface area contributed by atoms with Gasteiger partial charge in [0.05, 0.1) is 13.2 Å². The molecule has 1 aliphatic rings. The van der Waals surface area contributed by atoms with Crippen LogP contribution in [0.4, 0.5) is 13.2 Å². The van der Waals surface area contributed by atoms with Gasteiger partial charge in [0.1, 0.15) is 0 Å². The minimum absolute atomic E-state index is 0.172. The minimum Gasteiger partial charge on any atom is -0.477 e. The molecule has 4 nitrogen and oxygen atoms in total. The molecule has 0 aliphatic carbocycles. The SMILES string of the molecule is FC(F)(F)c1cc(OCC2CCOC2)nc(Cl)n1. The van der Waals surface area contributed by atoms with Crippen molar-refractivity contribution in [2.24, 2.45) is 5.92 Å². The number of ether oxygens (including phenoxy) is 2. The fourth-order valence-corrected chi connectivity index (χ4v) is 1.71. The molecule has 8 heteroatoms. The van der Waals surface area contributed by atoms with Gasteiger partial charge in [0.2, 0.25) is 11.2 Å². The standard InChI is InChI=1S/C10H10ClF3N2O2/c11-9-15-7(10(12,13)14)3-8(16-9)18-5-6-1-2-17-4-6/h3,6H,1-2,4-5H2. The Morgan fingerprint density at radius 1 is 1.44 bits per heavy atom. The Hall–Kier alpha value is -1.08. The van der Waals surface area contributed by atoms with Crippen LogP contribution in [0.1, 0.15) is 12.1 Å². The maximum absolute atomic E-state index is 12.5. The van der Waals surface area contributed by atoms with Gasteiger partial charge in [-0.3, -0.25) is 0 Å². The maximum Gasteiger partial charge on any atom is 0.433 e. The van der Waals surface area contributed by atoms with Crippen LogP contribution in [0.5, 0.6) is 5.88 Å². The van der Waals surface area contributed by atoms with Crippen molar-refractivity contribution in [3.63, 3.8) is 0 Å². The van der Waals surface area contributed by atoms with Crippen LogP contribution in [0.2, 0.25) is 5.28 Å². The van der Waals surface area contributed by atoms with Crippen LogP contribution in [0.15, 0.2) is 6.07 Å². The van der Waals surface area contributed by atoms with Gasteiger partial charge in [-0.25, -0.2) is 4.98 Å². The van der Waals surface area contributed by atoms with Gasteiger partial charge < -0.3 is 9.47 Å². The molecule has 1 aromatic rings. The molecule has 1 aliphatic heterocycles. The third kappa shape index (κ3) is 3.46. The first-order chi connectivity index (χ1) is 8.45. The number of aromatic nitrogens is 2. The van der Waals surface area contributed by atoms with Gasteiger partial charge in [0, 0.05) is 18.6 Å². The molecule has 2 rings (SSSR count). The van der Waals surface area contributed by atoms with Gasteiger partial charge >= 0.3 is 6.18 Å². The number of hydrogen-bond donors (Lipinski definition) is 0. The predicted octanol–water partition coefficient (Wildman–Crippen LogP) is 2.56. The Morgan fingerprint density at radius 2 is 2.22 bits per heavy atom. The lowest BCUT2D eigenvalue weighted by atomic mass is 10.1.